The molecular weight excluding hydrogens is 1350 g/mol. The van der Waals surface area contributed by atoms with Gasteiger partial charge in [0, 0.05) is 39.0 Å². The van der Waals surface area contributed by atoms with Crippen LogP contribution in [0.25, 0.3) is 0 Å². The van der Waals surface area contributed by atoms with Gasteiger partial charge < -0.3 is 0 Å². The van der Waals surface area contributed by atoms with E-state index >= 15 is 0 Å². The Morgan fingerprint density at radius 2 is 0.342 bits per heavy atom. The first-order valence-electron chi connectivity index (χ1n) is 22.5. The normalized spacial score (nSPS) is 15.1. The second kappa shape index (κ2) is 38.3. The summed E-state index contributed by atoms with van der Waals surface area (Å²) in [5.41, 5.74) is 0. The molecule has 426 valence electrons. The molecule has 0 N–H and O–H groups in total. The Morgan fingerprint density at radius 3 is 0.434 bits per heavy atom. The zero-order valence-electron chi connectivity index (χ0n) is 40.5. The van der Waals surface area contributed by atoms with Crippen LogP contribution in [0.4, 0.5) is 50.4 Å². The molecule has 22 heteroatoms. The molecule has 0 spiro atoms. The number of hydrogen-bond donors (Lipinski definition) is 0. The van der Waals surface area contributed by atoms with Crippen LogP contribution in [0, 0.1) is 51.4 Å². The van der Waals surface area contributed by atoms with Gasteiger partial charge in [0.1, 0.15) is 0 Å². The van der Waals surface area contributed by atoms with Crippen LogP contribution in [0.2, 0.25) is 0 Å². The summed E-state index contributed by atoms with van der Waals surface area (Å²) in [6.07, 6.45) is 28.0. The third-order valence-corrected chi connectivity index (χ3v) is 13.6. The molecule has 8 rings (SSSR count). The predicted molar refractivity (Wildman–Crippen MR) is 302 cm³/mol. The fourth-order valence-electron chi connectivity index (χ4n) is 6.07. The van der Waals surface area contributed by atoms with Gasteiger partial charge in [-0.05, 0) is 150 Å². The molecule has 2 fully saturated rings. The molecule has 0 bridgehead atoms. The fourth-order valence-corrected chi connectivity index (χ4v) is 10.7. The molecule has 10 radical (unpaired) electrons. The van der Waals surface area contributed by atoms with Gasteiger partial charge in [-0.3, -0.25) is 0 Å². The first-order valence-corrected chi connectivity index (χ1v) is 31.4. The minimum atomic E-state index is -10.7. The van der Waals surface area contributed by atoms with Crippen molar-refractivity contribution in [2.24, 2.45) is 0 Å². The van der Waals surface area contributed by atoms with E-state index in [4.69, 9.17) is 46.4 Å². The average molecular weight is 1410 g/mol. The molecule has 0 amide bonds. The van der Waals surface area contributed by atoms with Crippen LogP contribution >= 0.6 is 77.9 Å². The molecule has 6 aromatic rings. The third-order valence-electron chi connectivity index (χ3n) is 8.75. The fraction of sp³-hybridized carbons (Fsp3) is 0.185. The van der Waals surface area contributed by atoms with Crippen molar-refractivity contribution < 1.29 is 89.3 Å². The summed E-state index contributed by atoms with van der Waals surface area (Å²) in [5, 5.41) is 8.78. The second-order valence-electron chi connectivity index (χ2n) is 15.0. The van der Waals surface area contributed by atoms with Crippen LogP contribution in [0.1, 0.15) is 51.4 Å². The smallest absolute Gasteiger partial charge is 0 e. The molecule has 0 heterocycles. The molecule has 0 atom stereocenters. The van der Waals surface area contributed by atoms with Crippen molar-refractivity contribution in [3.8, 4) is 0 Å². The predicted octanol–water partition coefficient (Wildman–Crippen LogP) is 21.2. The molecule has 2 aliphatic carbocycles. The molecule has 2 aliphatic rings. The van der Waals surface area contributed by atoms with E-state index in [1.54, 1.807) is 0 Å². The Balaban J connectivity index is 0. The average Bonchev–Trinajstić information content (AvgIpc) is 3.30. The number of halogens is 16. The van der Waals surface area contributed by atoms with E-state index in [1.807, 2.05) is 0 Å². The maximum Gasteiger partial charge on any atom is 0 e. The van der Waals surface area contributed by atoms with Crippen LogP contribution in [-0.2, 0) is 39.0 Å². The molecule has 0 unspecified atom stereocenters. The summed E-state index contributed by atoms with van der Waals surface area (Å²) in [6.45, 7) is 0. The summed E-state index contributed by atoms with van der Waals surface area (Å²) in [4.78, 5) is 0. The van der Waals surface area contributed by atoms with Gasteiger partial charge in [-0.1, -0.05) is 182 Å². The van der Waals surface area contributed by atoms with Gasteiger partial charge in [0.15, 0.2) is 0 Å². The van der Waals surface area contributed by atoms with Crippen molar-refractivity contribution in [3.05, 3.63) is 233 Å². The van der Waals surface area contributed by atoms with Crippen molar-refractivity contribution in [1.29, 1.82) is 0 Å². The monoisotopic (exact) mass is 1400 g/mol. The number of alkyl halides is 4. The van der Waals surface area contributed by atoms with E-state index in [9.17, 15) is 50.4 Å². The number of hydrogen-bond acceptors (Lipinski definition) is 0. The summed E-state index contributed by atoms with van der Waals surface area (Å²) >= 11 is 19.1. The van der Waals surface area contributed by atoms with Gasteiger partial charge in [0.05, 0.1) is 10.7 Å². The Kier molecular flexibility index (Phi) is 38.7. The van der Waals surface area contributed by atoms with E-state index in [2.05, 4.69) is 233 Å². The molecule has 0 saturated heterocycles. The summed E-state index contributed by atoms with van der Waals surface area (Å²) in [6, 6.07) is 64.7. The SMILES string of the molecule is ClCCl.ClCCl.F[P-](F)(F)(F)(F)F.F[P-](F)(F)(F)(F)F.[CH]1[CH]CC[CH][CH]CC1.[CH]1[CH]CC[CH][CH]CC1.[Rh].[Rh].c1ccc(P(c2ccccc2)c2ccccc2)cc1.c1ccc(P(c2ccccc2)c2ccccc2)cc1. The minimum Gasteiger partial charge on any atom is -0.0622 e. The van der Waals surface area contributed by atoms with E-state index < -0.39 is 31.5 Å². The van der Waals surface area contributed by atoms with Gasteiger partial charge >= 0.3 is 66.0 Å². The van der Waals surface area contributed by atoms with Crippen LogP contribution in [-0.4, -0.2) is 10.7 Å². The Morgan fingerprint density at radius 1 is 0.250 bits per heavy atom. The van der Waals surface area contributed by atoms with Crippen molar-refractivity contribution in [2.75, 3.05) is 10.7 Å². The van der Waals surface area contributed by atoms with Crippen molar-refractivity contribution in [1.82, 2.24) is 0 Å². The van der Waals surface area contributed by atoms with E-state index in [1.165, 1.54) is 83.2 Å². The quantitative estimate of drug-likeness (QED) is 0.0675. The van der Waals surface area contributed by atoms with Crippen LogP contribution in [0.5, 0.6) is 0 Å². The summed E-state index contributed by atoms with van der Waals surface area (Å²) < 4.78 is 118. The standard InChI is InChI=1S/2C18H15P.2C8H12.2CH2Cl2.2F6P.2Rh/c2*1-4-10-16(11-5-1)19(17-12-6-2-7-13-17)18-14-8-3-9-15-18;2*1-2-4-6-8-7-5-3-1;2*2-1-3;2*1-7(2,3,4,5)6;;/h2*1-15H;2*1-2,7-8H,3-6H2;2*1H2;;;;/q;;;;;;2*-1;;. The molecular formula is C54H58Cl4F12P4Rh2-2. The third kappa shape index (κ3) is 49.6. The molecule has 2 saturated carbocycles. The number of benzene rings is 6. The second-order valence-corrected chi connectivity index (χ2v) is 24.9. The van der Waals surface area contributed by atoms with Gasteiger partial charge in [0.25, 0.3) is 0 Å². The van der Waals surface area contributed by atoms with Gasteiger partial charge in [-0.2, -0.15) is 0 Å². The van der Waals surface area contributed by atoms with Crippen molar-refractivity contribution in [3.63, 3.8) is 0 Å². The molecule has 0 aromatic heterocycles. The van der Waals surface area contributed by atoms with E-state index in [-0.39, 0.29) is 49.6 Å². The Labute approximate surface area is 490 Å². The Hall–Kier alpha value is -1.39. The summed E-state index contributed by atoms with van der Waals surface area (Å²) in [7, 11) is -22.2. The Bertz CT molecular complexity index is 1870. The number of rotatable bonds is 6. The maximum absolute atomic E-state index is 10.7. The zero-order valence-corrected chi connectivity index (χ0v) is 50.4. The molecule has 0 nitrogen and oxygen atoms in total. The zero-order chi connectivity index (χ0) is 55.4. The largest absolute Gasteiger partial charge is 0.0622 e. The van der Waals surface area contributed by atoms with Crippen molar-refractivity contribution >= 4 is 110 Å². The van der Waals surface area contributed by atoms with Crippen LogP contribution in [0.15, 0.2) is 182 Å². The molecule has 6 aromatic carbocycles. The van der Waals surface area contributed by atoms with Crippen LogP contribution in [0.3, 0.4) is 0 Å². The van der Waals surface area contributed by atoms with E-state index in [0.29, 0.717) is 0 Å². The first kappa shape index (κ1) is 76.7. The molecule has 0 aliphatic heterocycles. The first-order chi connectivity index (χ1) is 34.6. The maximum atomic E-state index is 9.87. The van der Waals surface area contributed by atoms with Gasteiger partial charge in [0.2, 0.25) is 0 Å². The minimum absolute atomic E-state index is 0. The van der Waals surface area contributed by atoms with Crippen molar-refractivity contribution in [2.45, 2.75) is 51.4 Å². The molecule has 76 heavy (non-hydrogen) atoms. The van der Waals surface area contributed by atoms with Gasteiger partial charge in [-0.25, -0.2) is 0 Å². The van der Waals surface area contributed by atoms with E-state index in [0.717, 1.165) is 0 Å². The topological polar surface area (TPSA) is 0 Å². The summed E-state index contributed by atoms with van der Waals surface area (Å²) in [5.74, 6) is 0. The van der Waals surface area contributed by atoms with Crippen LogP contribution < -0.4 is 31.8 Å². The van der Waals surface area contributed by atoms with Gasteiger partial charge in [-0.15, -0.1) is 46.4 Å².